The molecule has 0 radical (unpaired) electrons. The van der Waals surface area contributed by atoms with E-state index in [1.54, 1.807) is 22.9 Å². The van der Waals surface area contributed by atoms with E-state index in [1.165, 1.54) is 6.92 Å². The van der Waals surface area contributed by atoms with Gasteiger partial charge < -0.3 is 0 Å². The van der Waals surface area contributed by atoms with Gasteiger partial charge in [0, 0.05) is 17.6 Å². The number of hydrogen-bond donors (Lipinski definition) is 2. The van der Waals surface area contributed by atoms with Gasteiger partial charge in [0.2, 0.25) is 5.91 Å². The normalized spacial score (nSPS) is 10.8. The quantitative estimate of drug-likeness (QED) is 0.721. The first-order chi connectivity index (χ1) is 10.9. The Bertz CT molecular complexity index is 904. The van der Waals surface area contributed by atoms with Crippen LogP contribution in [0.5, 0.6) is 0 Å². The highest BCUT2D eigenvalue weighted by Gasteiger charge is 2.14. The highest BCUT2D eigenvalue weighted by molar-refractivity contribution is 6.31. The number of nitrogens with one attached hydrogen (secondary N) is 2. The average Bonchev–Trinajstić information content (AvgIpc) is 2.82. The van der Waals surface area contributed by atoms with Crippen molar-refractivity contribution in [3.63, 3.8) is 0 Å². The third kappa shape index (κ3) is 3.09. The van der Waals surface area contributed by atoms with Gasteiger partial charge in [-0.1, -0.05) is 11.6 Å². The first kappa shape index (κ1) is 15.2. The lowest BCUT2D eigenvalue weighted by atomic mass is 10.3. The van der Waals surface area contributed by atoms with Gasteiger partial charge in [0.05, 0.1) is 16.7 Å². The van der Waals surface area contributed by atoms with Crippen LogP contribution >= 0.6 is 11.6 Å². The van der Waals surface area contributed by atoms with Gasteiger partial charge in [-0.2, -0.15) is 5.10 Å². The molecule has 0 atom stereocenters. The third-order valence-corrected chi connectivity index (χ3v) is 3.41. The molecular formula is C15H15ClN6O. The van der Waals surface area contributed by atoms with Crippen LogP contribution in [0.1, 0.15) is 18.3 Å². The van der Waals surface area contributed by atoms with Crippen molar-refractivity contribution < 1.29 is 4.79 Å². The topological polar surface area (TPSA) is 84.7 Å². The van der Waals surface area contributed by atoms with E-state index >= 15 is 0 Å². The van der Waals surface area contributed by atoms with Crippen LogP contribution < -0.4 is 10.9 Å². The fourth-order valence-electron chi connectivity index (χ4n) is 2.24. The molecule has 2 aromatic heterocycles. The van der Waals surface area contributed by atoms with E-state index in [9.17, 15) is 4.79 Å². The van der Waals surface area contributed by atoms with Crippen LogP contribution in [0.25, 0.3) is 16.9 Å². The minimum Gasteiger partial charge on any atom is -0.279 e. The molecule has 2 heterocycles. The summed E-state index contributed by atoms with van der Waals surface area (Å²) in [4.78, 5) is 20.3. The Kier molecular flexibility index (Phi) is 3.87. The molecular weight excluding hydrogens is 316 g/mol. The molecule has 0 bridgehead atoms. The fourth-order valence-corrected chi connectivity index (χ4v) is 2.41. The smallest absolute Gasteiger partial charge is 0.235 e. The predicted molar refractivity (Wildman–Crippen MR) is 88.6 cm³/mol. The molecule has 0 aliphatic rings. The van der Waals surface area contributed by atoms with Gasteiger partial charge >= 0.3 is 0 Å². The maximum Gasteiger partial charge on any atom is 0.235 e. The van der Waals surface area contributed by atoms with Crippen molar-refractivity contribution in [3.8, 4) is 5.82 Å². The molecule has 3 aromatic rings. The van der Waals surface area contributed by atoms with E-state index < -0.39 is 0 Å². The Hall–Kier alpha value is -2.67. The number of aromatic nitrogens is 4. The lowest BCUT2D eigenvalue weighted by molar-refractivity contribution is -0.118. The Morgan fingerprint density at radius 2 is 1.96 bits per heavy atom. The van der Waals surface area contributed by atoms with Crippen molar-refractivity contribution in [2.75, 3.05) is 5.43 Å². The van der Waals surface area contributed by atoms with Crippen LogP contribution in [-0.2, 0) is 4.79 Å². The maximum absolute atomic E-state index is 11.2. The molecule has 23 heavy (non-hydrogen) atoms. The SMILES string of the molecule is CC(=O)NNc1nc2cc(Cl)ccc2nc1-n1nc(C)cc1C. The van der Waals surface area contributed by atoms with Crippen LogP contribution in [0.15, 0.2) is 24.3 Å². The van der Waals surface area contributed by atoms with Gasteiger partial charge in [0.1, 0.15) is 0 Å². The summed E-state index contributed by atoms with van der Waals surface area (Å²) in [5, 5.41) is 4.99. The summed E-state index contributed by atoms with van der Waals surface area (Å²) in [5.41, 5.74) is 8.38. The molecule has 1 aromatic carbocycles. The molecule has 0 unspecified atom stereocenters. The van der Waals surface area contributed by atoms with Gasteiger partial charge in [0.25, 0.3) is 0 Å². The number of amides is 1. The third-order valence-electron chi connectivity index (χ3n) is 3.18. The van der Waals surface area contributed by atoms with Gasteiger partial charge in [0.15, 0.2) is 11.6 Å². The van der Waals surface area contributed by atoms with Crippen molar-refractivity contribution in [2.24, 2.45) is 0 Å². The second kappa shape index (κ2) is 5.85. The van der Waals surface area contributed by atoms with Crippen molar-refractivity contribution >= 4 is 34.4 Å². The number of carbonyl (C=O) groups is 1. The van der Waals surface area contributed by atoms with Crippen LogP contribution in [0, 0.1) is 13.8 Å². The second-order valence-corrected chi connectivity index (χ2v) is 5.61. The molecule has 3 rings (SSSR count). The lowest BCUT2D eigenvalue weighted by Gasteiger charge is -2.13. The number of hydrazine groups is 1. The monoisotopic (exact) mass is 330 g/mol. The summed E-state index contributed by atoms with van der Waals surface area (Å²) in [6.45, 7) is 5.23. The highest BCUT2D eigenvalue weighted by Crippen LogP contribution is 2.23. The zero-order valence-corrected chi connectivity index (χ0v) is 13.6. The lowest BCUT2D eigenvalue weighted by Crippen LogP contribution is -2.28. The second-order valence-electron chi connectivity index (χ2n) is 5.17. The highest BCUT2D eigenvalue weighted by atomic mass is 35.5. The molecule has 7 nitrogen and oxygen atoms in total. The van der Waals surface area contributed by atoms with E-state index in [1.807, 2.05) is 19.9 Å². The summed E-state index contributed by atoms with van der Waals surface area (Å²) in [7, 11) is 0. The minimum atomic E-state index is -0.239. The molecule has 0 aliphatic heterocycles. The van der Waals surface area contributed by atoms with Crippen molar-refractivity contribution in [2.45, 2.75) is 20.8 Å². The molecule has 118 valence electrons. The number of benzene rings is 1. The van der Waals surface area contributed by atoms with Crippen molar-refractivity contribution in [3.05, 3.63) is 40.7 Å². The Morgan fingerprint density at radius 3 is 2.61 bits per heavy atom. The fraction of sp³-hybridized carbons (Fsp3) is 0.200. The van der Waals surface area contributed by atoms with Gasteiger partial charge in [-0.3, -0.25) is 15.6 Å². The van der Waals surface area contributed by atoms with Gasteiger partial charge in [-0.25, -0.2) is 14.6 Å². The summed E-state index contributed by atoms with van der Waals surface area (Å²) < 4.78 is 1.68. The number of nitrogens with zero attached hydrogens (tertiary/aromatic N) is 4. The molecule has 2 N–H and O–H groups in total. The average molecular weight is 331 g/mol. The molecule has 1 amide bonds. The molecule has 0 spiro atoms. The van der Waals surface area contributed by atoms with E-state index in [2.05, 4.69) is 25.9 Å². The van der Waals surface area contributed by atoms with Crippen molar-refractivity contribution in [1.29, 1.82) is 0 Å². The Balaban J connectivity index is 2.20. The van der Waals surface area contributed by atoms with E-state index in [-0.39, 0.29) is 5.91 Å². The largest absolute Gasteiger partial charge is 0.279 e. The van der Waals surface area contributed by atoms with E-state index in [0.29, 0.717) is 27.7 Å². The molecule has 0 saturated heterocycles. The molecule has 0 aliphatic carbocycles. The number of rotatable bonds is 3. The zero-order chi connectivity index (χ0) is 16.6. The standard InChI is InChI=1S/C15H15ClN6O/c1-8-6-9(2)22(21-8)15-14(20-19-10(3)23)17-13-7-11(16)4-5-12(13)18-15/h4-7H,1-3H3,(H,17,20)(H,19,23). The van der Waals surface area contributed by atoms with Gasteiger partial charge in [-0.05, 0) is 38.1 Å². The zero-order valence-electron chi connectivity index (χ0n) is 12.9. The number of carbonyl (C=O) groups excluding carboxylic acids is 1. The number of hydrogen-bond acceptors (Lipinski definition) is 5. The molecule has 0 fully saturated rings. The first-order valence-electron chi connectivity index (χ1n) is 6.97. The van der Waals surface area contributed by atoms with Crippen LogP contribution in [-0.4, -0.2) is 25.7 Å². The Morgan fingerprint density at radius 1 is 1.17 bits per heavy atom. The molecule has 8 heteroatoms. The van der Waals surface area contributed by atoms with Crippen LogP contribution in [0.3, 0.4) is 0 Å². The van der Waals surface area contributed by atoms with Crippen molar-refractivity contribution in [1.82, 2.24) is 25.2 Å². The summed E-state index contributed by atoms with van der Waals surface area (Å²) in [5.74, 6) is 0.651. The summed E-state index contributed by atoms with van der Waals surface area (Å²) >= 11 is 6.01. The maximum atomic E-state index is 11.2. The number of aryl methyl sites for hydroxylation is 2. The first-order valence-corrected chi connectivity index (χ1v) is 7.35. The van der Waals surface area contributed by atoms with Gasteiger partial charge in [-0.15, -0.1) is 0 Å². The summed E-state index contributed by atoms with van der Waals surface area (Å²) in [6, 6.07) is 7.20. The molecule has 0 saturated carbocycles. The number of fused-ring (bicyclic) bond motifs is 1. The van der Waals surface area contributed by atoms with Crippen LogP contribution in [0.4, 0.5) is 5.82 Å². The number of anilines is 1. The number of halogens is 1. The van der Waals surface area contributed by atoms with E-state index in [0.717, 1.165) is 11.4 Å². The predicted octanol–water partition coefficient (Wildman–Crippen LogP) is 2.55. The minimum absolute atomic E-state index is 0.239. The summed E-state index contributed by atoms with van der Waals surface area (Å²) in [6.07, 6.45) is 0. The Labute approximate surface area is 137 Å². The van der Waals surface area contributed by atoms with Crippen LogP contribution in [0.2, 0.25) is 5.02 Å². The van der Waals surface area contributed by atoms with E-state index in [4.69, 9.17) is 11.6 Å².